The van der Waals surface area contributed by atoms with Crippen molar-refractivity contribution in [1.82, 2.24) is 9.78 Å². The van der Waals surface area contributed by atoms with E-state index in [4.69, 9.17) is 21.1 Å². The Bertz CT molecular complexity index is 1150. The van der Waals surface area contributed by atoms with Crippen LogP contribution in [0.2, 0.25) is 5.02 Å². The van der Waals surface area contributed by atoms with E-state index >= 15 is 4.39 Å². The molecule has 0 N–H and O–H groups in total. The molecule has 1 heterocycles. The first kappa shape index (κ1) is 26.8. The standard InChI is InChI=1S/C23H26ClFN4O5/c1-7-33-17(31)10-14-8-9-15(19(25)18(14)24)20-16(11-26)21(29(27-20)13(2)3)28(12-30)22(32)34-23(4,5)6/h8-9,12-13H,7,10H2,1-6H3. The van der Waals surface area contributed by atoms with E-state index in [1.165, 1.54) is 16.8 Å². The molecule has 0 aliphatic heterocycles. The molecule has 0 aliphatic rings. The van der Waals surface area contributed by atoms with E-state index in [2.05, 4.69) is 5.10 Å². The number of amides is 2. The molecule has 0 aliphatic carbocycles. The molecule has 1 aromatic carbocycles. The van der Waals surface area contributed by atoms with Gasteiger partial charge in [0.15, 0.2) is 11.6 Å². The van der Waals surface area contributed by atoms with E-state index in [9.17, 15) is 19.6 Å². The first-order valence-corrected chi connectivity index (χ1v) is 10.9. The minimum absolute atomic E-state index is 0.122. The maximum atomic E-state index is 15.3. The van der Waals surface area contributed by atoms with Crippen LogP contribution in [0.1, 0.15) is 58.7 Å². The van der Waals surface area contributed by atoms with Gasteiger partial charge in [0.25, 0.3) is 0 Å². The van der Waals surface area contributed by atoms with Crippen LogP contribution in [-0.4, -0.2) is 40.5 Å². The number of nitriles is 1. The number of imide groups is 1. The van der Waals surface area contributed by atoms with E-state index in [0.717, 1.165) is 0 Å². The van der Waals surface area contributed by atoms with Crippen LogP contribution in [-0.2, 0) is 25.5 Å². The Morgan fingerprint density at radius 3 is 2.50 bits per heavy atom. The van der Waals surface area contributed by atoms with Gasteiger partial charge in [-0.3, -0.25) is 9.59 Å². The lowest BCUT2D eigenvalue weighted by molar-refractivity contribution is -0.142. The van der Waals surface area contributed by atoms with Crippen LogP contribution in [0, 0.1) is 17.1 Å². The largest absolute Gasteiger partial charge is 0.466 e. The lowest BCUT2D eigenvalue weighted by Crippen LogP contribution is -2.37. The molecule has 0 unspecified atom stereocenters. The zero-order valence-corrected chi connectivity index (χ0v) is 20.6. The third-order valence-electron chi connectivity index (χ3n) is 4.47. The lowest BCUT2D eigenvalue weighted by atomic mass is 10.0. The summed E-state index contributed by atoms with van der Waals surface area (Å²) in [7, 11) is 0. The molecule has 0 spiro atoms. The smallest absolute Gasteiger partial charge is 0.422 e. The van der Waals surface area contributed by atoms with Crippen LogP contribution in [0.3, 0.4) is 0 Å². The predicted molar refractivity (Wildman–Crippen MR) is 123 cm³/mol. The number of ether oxygens (including phenoxy) is 2. The van der Waals surface area contributed by atoms with Crippen molar-refractivity contribution in [1.29, 1.82) is 5.26 Å². The molecule has 2 rings (SSSR count). The van der Waals surface area contributed by atoms with Gasteiger partial charge in [0.2, 0.25) is 6.41 Å². The Labute approximate surface area is 202 Å². The number of hydrogen-bond acceptors (Lipinski definition) is 7. The van der Waals surface area contributed by atoms with Crippen molar-refractivity contribution < 1.29 is 28.2 Å². The topological polar surface area (TPSA) is 115 Å². The number of benzene rings is 1. The number of nitrogens with zero attached hydrogens (tertiary/aromatic N) is 4. The molecule has 0 saturated heterocycles. The van der Waals surface area contributed by atoms with Crippen molar-refractivity contribution in [2.45, 2.75) is 59.6 Å². The van der Waals surface area contributed by atoms with E-state index < -0.39 is 29.5 Å². The summed E-state index contributed by atoms with van der Waals surface area (Å²) in [5.41, 5.74) is -1.19. The van der Waals surface area contributed by atoms with Gasteiger partial charge in [0.05, 0.1) is 18.1 Å². The number of halogens is 2. The highest BCUT2D eigenvalue weighted by atomic mass is 35.5. The Balaban J connectivity index is 2.68. The fourth-order valence-corrected chi connectivity index (χ4v) is 3.31. The molecule has 2 amide bonds. The number of rotatable bonds is 7. The predicted octanol–water partition coefficient (Wildman–Crippen LogP) is 4.80. The highest BCUT2D eigenvalue weighted by Crippen LogP contribution is 2.37. The van der Waals surface area contributed by atoms with Crippen LogP contribution in [0.5, 0.6) is 0 Å². The number of esters is 1. The number of anilines is 1. The van der Waals surface area contributed by atoms with Gasteiger partial charge in [0, 0.05) is 11.6 Å². The third kappa shape index (κ3) is 5.72. The average molecular weight is 493 g/mol. The Morgan fingerprint density at radius 1 is 1.35 bits per heavy atom. The minimum atomic E-state index is -1.02. The maximum Gasteiger partial charge on any atom is 0.422 e. The summed E-state index contributed by atoms with van der Waals surface area (Å²) in [6.45, 7) is 10.1. The molecule has 0 bridgehead atoms. The van der Waals surface area contributed by atoms with Crippen molar-refractivity contribution in [3.63, 3.8) is 0 Å². The van der Waals surface area contributed by atoms with Crippen LogP contribution < -0.4 is 4.90 Å². The summed E-state index contributed by atoms with van der Waals surface area (Å²) in [6, 6.07) is 4.25. The summed E-state index contributed by atoms with van der Waals surface area (Å²) in [5.74, 6) is -1.64. The van der Waals surface area contributed by atoms with Crippen molar-refractivity contribution in [3.8, 4) is 17.3 Å². The summed E-state index contributed by atoms with van der Waals surface area (Å²) < 4.78 is 26.7. The molecule has 0 saturated carbocycles. The molecule has 11 heteroatoms. The van der Waals surface area contributed by atoms with Crippen molar-refractivity contribution in [3.05, 3.63) is 34.1 Å². The van der Waals surface area contributed by atoms with E-state index in [-0.39, 0.29) is 52.7 Å². The maximum absolute atomic E-state index is 15.3. The van der Waals surface area contributed by atoms with Crippen molar-refractivity contribution >= 4 is 35.9 Å². The van der Waals surface area contributed by atoms with Gasteiger partial charge in [-0.1, -0.05) is 17.7 Å². The molecule has 1 aromatic heterocycles. The number of hydrogen-bond donors (Lipinski definition) is 0. The second-order valence-electron chi connectivity index (χ2n) is 8.54. The highest BCUT2D eigenvalue weighted by Gasteiger charge is 2.33. The van der Waals surface area contributed by atoms with Gasteiger partial charge in [-0.05, 0) is 53.2 Å². The molecule has 0 radical (unpaired) electrons. The fourth-order valence-electron chi connectivity index (χ4n) is 3.07. The van der Waals surface area contributed by atoms with Gasteiger partial charge in [-0.25, -0.2) is 13.9 Å². The zero-order valence-electron chi connectivity index (χ0n) is 19.8. The first-order valence-electron chi connectivity index (χ1n) is 10.5. The fraction of sp³-hybridized carbons (Fsp3) is 0.435. The van der Waals surface area contributed by atoms with E-state index in [0.29, 0.717) is 4.90 Å². The monoisotopic (exact) mass is 492 g/mol. The van der Waals surface area contributed by atoms with Gasteiger partial charge < -0.3 is 9.47 Å². The third-order valence-corrected chi connectivity index (χ3v) is 4.88. The van der Waals surface area contributed by atoms with Crippen molar-refractivity contribution in [2.24, 2.45) is 0 Å². The summed E-state index contributed by atoms with van der Waals surface area (Å²) in [4.78, 5) is 37.0. The average Bonchev–Trinajstić information content (AvgIpc) is 3.10. The quantitative estimate of drug-likeness (QED) is 0.402. The van der Waals surface area contributed by atoms with Crippen LogP contribution >= 0.6 is 11.6 Å². The summed E-state index contributed by atoms with van der Waals surface area (Å²) in [6.07, 6.45) is -1.05. The minimum Gasteiger partial charge on any atom is -0.466 e. The van der Waals surface area contributed by atoms with Crippen LogP contribution in [0.15, 0.2) is 12.1 Å². The molecule has 34 heavy (non-hydrogen) atoms. The molecular weight excluding hydrogens is 467 g/mol. The first-order chi connectivity index (χ1) is 15.9. The lowest BCUT2D eigenvalue weighted by Gasteiger charge is -2.24. The Hall–Kier alpha value is -3.45. The van der Waals surface area contributed by atoms with Crippen LogP contribution in [0.4, 0.5) is 15.0 Å². The van der Waals surface area contributed by atoms with E-state index in [1.807, 2.05) is 6.07 Å². The van der Waals surface area contributed by atoms with Crippen LogP contribution in [0.25, 0.3) is 11.3 Å². The molecule has 9 nitrogen and oxygen atoms in total. The van der Waals surface area contributed by atoms with Crippen molar-refractivity contribution in [2.75, 3.05) is 11.5 Å². The van der Waals surface area contributed by atoms with Gasteiger partial charge in [-0.2, -0.15) is 15.3 Å². The van der Waals surface area contributed by atoms with E-state index in [1.54, 1.807) is 41.5 Å². The SMILES string of the molecule is CCOC(=O)Cc1ccc(-c2nn(C(C)C)c(N(C=O)C(=O)OC(C)(C)C)c2C#N)c(F)c1Cl. The second-order valence-corrected chi connectivity index (χ2v) is 8.91. The van der Waals surface area contributed by atoms with Gasteiger partial charge >= 0.3 is 12.1 Å². The highest BCUT2D eigenvalue weighted by molar-refractivity contribution is 6.32. The second kappa shape index (κ2) is 10.7. The summed E-state index contributed by atoms with van der Waals surface area (Å²) in [5, 5.41) is 13.9. The zero-order chi connectivity index (χ0) is 25.8. The number of carbonyl (C=O) groups excluding carboxylic acids is 3. The molecule has 0 atom stereocenters. The molecular formula is C23H26ClFN4O5. The van der Waals surface area contributed by atoms with Gasteiger partial charge in [0.1, 0.15) is 22.9 Å². The molecule has 2 aromatic rings. The molecule has 182 valence electrons. The number of aromatic nitrogens is 2. The van der Waals surface area contributed by atoms with Gasteiger partial charge in [-0.15, -0.1) is 0 Å². The number of carbonyl (C=O) groups is 3. The normalized spacial score (nSPS) is 11.2. The Morgan fingerprint density at radius 2 is 2.00 bits per heavy atom. The molecule has 0 fully saturated rings. The Kier molecular flexibility index (Phi) is 8.40. The summed E-state index contributed by atoms with van der Waals surface area (Å²) >= 11 is 6.17.